The molecule has 0 heterocycles. The van der Waals surface area contributed by atoms with Crippen LogP contribution >= 0.6 is 0 Å². The van der Waals surface area contributed by atoms with Crippen molar-refractivity contribution >= 4 is 22.0 Å². The second kappa shape index (κ2) is 7.37. The van der Waals surface area contributed by atoms with Gasteiger partial charge in [-0.3, -0.25) is 4.79 Å². The standard InChI is InChI=1S/C14H19NO6S/c1-10(2)15(8-13(16)17)22(19,20)9-11-4-6-12(7-5-11)14(18)21-3/h4-7,10H,8-9H2,1-3H3,(H,16,17). The van der Waals surface area contributed by atoms with Gasteiger partial charge in [0.2, 0.25) is 10.0 Å². The molecule has 0 bridgehead atoms. The third-order valence-electron chi connectivity index (χ3n) is 2.95. The molecular formula is C14H19NO6S. The lowest BCUT2D eigenvalue weighted by Crippen LogP contribution is -2.41. The van der Waals surface area contributed by atoms with Gasteiger partial charge >= 0.3 is 11.9 Å². The molecule has 122 valence electrons. The van der Waals surface area contributed by atoms with Crippen molar-refractivity contribution in [3.8, 4) is 0 Å². The van der Waals surface area contributed by atoms with E-state index in [-0.39, 0.29) is 5.75 Å². The van der Waals surface area contributed by atoms with E-state index >= 15 is 0 Å². The molecule has 0 spiro atoms. The van der Waals surface area contributed by atoms with Crippen LogP contribution in [-0.2, 0) is 25.3 Å². The minimum atomic E-state index is -3.77. The number of sulfonamides is 1. The summed E-state index contributed by atoms with van der Waals surface area (Å²) in [5, 5.41) is 8.83. The molecule has 22 heavy (non-hydrogen) atoms. The number of carboxylic acid groups (broad SMARTS) is 1. The third-order valence-corrected chi connectivity index (χ3v) is 4.91. The second-order valence-electron chi connectivity index (χ2n) is 4.98. The van der Waals surface area contributed by atoms with E-state index in [1.165, 1.54) is 31.4 Å². The molecule has 8 heteroatoms. The summed E-state index contributed by atoms with van der Waals surface area (Å²) >= 11 is 0. The zero-order valence-corrected chi connectivity index (χ0v) is 13.5. The number of esters is 1. The van der Waals surface area contributed by atoms with E-state index < -0.39 is 34.5 Å². The Bertz CT molecular complexity index is 636. The number of rotatable bonds is 7. The lowest BCUT2D eigenvalue weighted by molar-refractivity contribution is -0.137. The van der Waals surface area contributed by atoms with Crippen molar-refractivity contribution in [1.82, 2.24) is 4.31 Å². The van der Waals surface area contributed by atoms with Gasteiger partial charge < -0.3 is 9.84 Å². The highest BCUT2D eigenvalue weighted by Gasteiger charge is 2.27. The van der Waals surface area contributed by atoms with Crippen LogP contribution in [0.5, 0.6) is 0 Å². The SMILES string of the molecule is COC(=O)c1ccc(CS(=O)(=O)N(CC(=O)O)C(C)C)cc1. The molecule has 0 saturated carbocycles. The van der Waals surface area contributed by atoms with E-state index in [9.17, 15) is 18.0 Å². The molecule has 0 amide bonds. The molecule has 0 radical (unpaired) electrons. The minimum Gasteiger partial charge on any atom is -0.480 e. The Morgan fingerprint density at radius 1 is 1.23 bits per heavy atom. The second-order valence-corrected chi connectivity index (χ2v) is 6.90. The van der Waals surface area contributed by atoms with Crippen LogP contribution in [0, 0.1) is 0 Å². The fourth-order valence-corrected chi connectivity index (χ4v) is 3.61. The third kappa shape index (κ3) is 4.81. The van der Waals surface area contributed by atoms with Crippen LogP contribution in [0.15, 0.2) is 24.3 Å². The average molecular weight is 329 g/mol. The summed E-state index contributed by atoms with van der Waals surface area (Å²) in [7, 11) is -2.52. The van der Waals surface area contributed by atoms with Crippen LogP contribution in [-0.4, -0.2) is 49.5 Å². The van der Waals surface area contributed by atoms with E-state index in [0.717, 1.165) is 4.31 Å². The number of nitrogens with zero attached hydrogens (tertiary/aromatic N) is 1. The van der Waals surface area contributed by atoms with Gasteiger partial charge in [0.05, 0.1) is 18.4 Å². The van der Waals surface area contributed by atoms with Crippen LogP contribution < -0.4 is 0 Å². The predicted octanol–water partition coefficient (Wildman–Crippen LogP) is 1.10. The lowest BCUT2D eigenvalue weighted by Gasteiger charge is -2.24. The van der Waals surface area contributed by atoms with Crippen LogP contribution in [0.2, 0.25) is 0 Å². The fraction of sp³-hybridized carbons (Fsp3) is 0.429. The Kier molecular flexibility index (Phi) is 6.07. The average Bonchev–Trinajstić information content (AvgIpc) is 2.43. The monoisotopic (exact) mass is 329 g/mol. The first-order chi connectivity index (χ1) is 10.2. The zero-order chi connectivity index (χ0) is 16.9. The molecule has 7 nitrogen and oxygen atoms in total. The summed E-state index contributed by atoms with van der Waals surface area (Å²) in [6, 6.07) is 5.48. The number of ether oxygens (including phenoxy) is 1. The number of hydrogen-bond acceptors (Lipinski definition) is 5. The quantitative estimate of drug-likeness (QED) is 0.752. The van der Waals surface area contributed by atoms with Crippen molar-refractivity contribution in [3.05, 3.63) is 35.4 Å². The Balaban J connectivity index is 2.95. The number of hydrogen-bond donors (Lipinski definition) is 1. The molecule has 0 fully saturated rings. The summed E-state index contributed by atoms with van der Waals surface area (Å²) < 4.78 is 30.1. The fourth-order valence-electron chi connectivity index (χ4n) is 1.88. The molecule has 0 aromatic heterocycles. The van der Waals surface area contributed by atoms with Crippen LogP contribution in [0.1, 0.15) is 29.8 Å². The van der Waals surface area contributed by atoms with Gasteiger partial charge in [0.25, 0.3) is 0 Å². The highest BCUT2D eigenvalue weighted by molar-refractivity contribution is 7.88. The van der Waals surface area contributed by atoms with Gasteiger partial charge in [-0.2, -0.15) is 4.31 Å². The van der Waals surface area contributed by atoms with Gasteiger partial charge in [0.15, 0.2) is 0 Å². The van der Waals surface area contributed by atoms with Gasteiger partial charge in [-0.1, -0.05) is 12.1 Å². The van der Waals surface area contributed by atoms with Gasteiger partial charge in [-0.25, -0.2) is 13.2 Å². The first kappa shape index (κ1) is 18.1. The first-order valence-corrected chi connectivity index (χ1v) is 8.17. The van der Waals surface area contributed by atoms with E-state index in [2.05, 4.69) is 4.74 Å². The largest absolute Gasteiger partial charge is 0.480 e. The van der Waals surface area contributed by atoms with E-state index in [4.69, 9.17) is 5.11 Å². The van der Waals surface area contributed by atoms with E-state index in [0.29, 0.717) is 11.1 Å². The normalized spacial score (nSPS) is 11.7. The number of carboxylic acids is 1. The van der Waals surface area contributed by atoms with Crippen molar-refractivity contribution < 1.29 is 27.9 Å². The molecule has 0 aliphatic carbocycles. The summed E-state index contributed by atoms with van der Waals surface area (Å²) in [4.78, 5) is 22.1. The highest BCUT2D eigenvalue weighted by atomic mass is 32.2. The summed E-state index contributed by atoms with van der Waals surface area (Å²) in [6.07, 6.45) is 0. The maximum absolute atomic E-state index is 12.3. The Hall–Kier alpha value is -1.93. The summed E-state index contributed by atoms with van der Waals surface area (Å²) in [5.41, 5.74) is 0.776. The number of carbonyl (C=O) groups excluding carboxylic acids is 1. The summed E-state index contributed by atoms with van der Waals surface area (Å²) in [6.45, 7) is 2.64. The van der Waals surface area contributed by atoms with Crippen molar-refractivity contribution in [1.29, 1.82) is 0 Å². The van der Waals surface area contributed by atoms with Crippen molar-refractivity contribution in [2.45, 2.75) is 25.6 Å². The van der Waals surface area contributed by atoms with Crippen molar-refractivity contribution in [3.63, 3.8) is 0 Å². The number of methoxy groups -OCH3 is 1. The molecule has 1 aromatic carbocycles. The molecule has 1 aromatic rings. The van der Waals surface area contributed by atoms with Gasteiger partial charge in [0.1, 0.15) is 6.54 Å². The van der Waals surface area contributed by atoms with E-state index in [1.807, 2.05) is 0 Å². The molecule has 0 unspecified atom stereocenters. The summed E-state index contributed by atoms with van der Waals surface area (Å²) in [5.74, 6) is -2.05. The molecule has 0 saturated heterocycles. The number of carbonyl (C=O) groups is 2. The predicted molar refractivity (Wildman–Crippen MR) is 79.9 cm³/mol. The van der Waals surface area contributed by atoms with Gasteiger partial charge in [0, 0.05) is 6.04 Å². The first-order valence-electron chi connectivity index (χ1n) is 6.56. The topological polar surface area (TPSA) is 101 Å². The van der Waals surface area contributed by atoms with Crippen LogP contribution in [0.25, 0.3) is 0 Å². The Morgan fingerprint density at radius 3 is 2.18 bits per heavy atom. The van der Waals surface area contributed by atoms with Crippen molar-refractivity contribution in [2.24, 2.45) is 0 Å². The van der Waals surface area contributed by atoms with E-state index in [1.54, 1.807) is 13.8 Å². The maximum atomic E-state index is 12.3. The smallest absolute Gasteiger partial charge is 0.337 e. The molecule has 1 rings (SSSR count). The molecule has 0 aliphatic heterocycles. The zero-order valence-electron chi connectivity index (χ0n) is 12.6. The van der Waals surface area contributed by atoms with Gasteiger partial charge in [-0.05, 0) is 31.5 Å². The number of aliphatic carboxylic acids is 1. The molecule has 0 aliphatic rings. The minimum absolute atomic E-state index is 0.315. The number of benzene rings is 1. The lowest BCUT2D eigenvalue weighted by atomic mass is 10.1. The Labute approximate surface area is 129 Å². The van der Waals surface area contributed by atoms with Crippen LogP contribution in [0.4, 0.5) is 0 Å². The van der Waals surface area contributed by atoms with Crippen molar-refractivity contribution in [2.75, 3.05) is 13.7 Å². The molecule has 0 atom stereocenters. The Morgan fingerprint density at radius 2 is 1.77 bits per heavy atom. The molecule has 1 N–H and O–H groups in total. The highest BCUT2D eigenvalue weighted by Crippen LogP contribution is 2.15. The molecular weight excluding hydrogens is 310 g/mol. The maximum Gasteiger partial charge on any atom is 0.337 e. The van der Waals surface area contributed by atoms with Crippen LogP contribution in [0.3, 0.4) is 0 Å². The van der Waals surface area contributed by atoms with Gasteiger partial charge in [-0.15, -0.1) is 0 Å².